The van der Waals surface area contributed by atoms with E-state index in [0.717, 1.165) is 56.0 Å². The second kappa shape index (κ2) is 14.9. The summed E-state index contributed by atoms with van der Waals surface area (Å²) in [5.41, 5.74) is 19.6. The van der Waals surface area contributed by atoms with Gasteiger partial charge in [0.05, 0.1) is 23.6 Å². The average molecular weight is 670 g/mol. The lowest BCUT2D eigenvalue weighted by Crippen LogP contribution is -2.13. The fourth-order valence-corrected chi connectivity index (χ4v) is 6.38. The largest absolute Gasteiger partial charge is 0.383 e. The highest BCUT2D eigenvalue weighted by molar-refractivity contribution is 5.97. The minimum absolute atomic E-state index is 0.522. The van der Waals surface area contributed by atoms with Crippen molar-refractivity contribution in [3.63, 3.8) is 0 Å². The summed E-state index contributed by atoms with van der Waals surface area (Å²) in [6.07, 6.45) is 1.79. The van der Waals surface area contributed by atoms with E-state index in [4.69, 9.17) is 15.7 Å². The normalized spacial score (nSPS) is 11.3. The van der Waals surface area contributed by atoms with Crippen molar-refractivity contribution in [3.8, 4) is 67.4 Å². The van der Waals surface area contributed by atoms with E-state index in [1.54, 1.807) is 6.20 Å². The summed E-state index contributed by atoms with van der Waals surface area (Å²) in [6, 6.07) is 62.3. The van der Waals surface area contributed by atoms with Crippen molar-refractivity contribution in [1.82, 2.24) is 15.0 Å². The van der Waals surface area contributed by atoms with E-state index in [0.29, 0.717) is 18.2 Å². The maximum atomic E-state index is 6.25. The molecule has 0 fully saturated rings. The summed E-state index contributed by atoms with van der Waals surface area (Å²) in [4.78, 5) is 19.1. The molecule has 0 saturated carbocycles. The third-order valence-electron chi connectivity index (χ3n) is 9.09. The van der Waals surface area contributed by atoms with Crippen LogP contribution in [0.5, 0.6) is 0 Å². The number of nitrogens with zero attached hydrogens (tertiary/aromatic N) is 4. The van der Waals surface area contributed by atoms with Crippen LogP contribution in [0.2, 0.25) is 0 Å². The molecule has 8 rings (SSSR count). The lowest BCUT2D eigenvalue weighted by atomic mass is 9.89. The Labute approximate surface area is 303 Å². The maximum Gasteiger partial charge on any atom is 0.160 e. The van der Waals surface area contributed by atoms with Gasteiger partial charge in [0.25, 0.3) is 0 Å². The second-order valence-electron chi connectivity index (χ2n) is 12.5. The van der Waals surface area contributed by atoms with Crippen LogP contribution in [0.3, 0.4) is 0 Å². The van der Waals surface area contributed by atoms with Gasteiger partial charge in [0.15, 0.2) is 5.82 Å². The van der Waals surface area contributed by atoms with E-state index in [2.05, 4.69) is 107 Å². The highest BCUT2D eigenvalue weighted by atomic mass is 14.9. The number of nitrogens with two attached hydrogens (primary N) is 1. The van der Waals surface area contributed by atoms with E-state index < -0.39 is 0 Å². The molecular weight excluding hydrogens is 635 g/mol. The summed E-state index contributed by atoms with van der Waals surface area (Å²) in [5, 5.41) is 0. The van der Waals surface area contributed by atoms with Crippen molar-refractivity contribution in [2.24, 2.45) is 10.7 Å². The smallest absolute Gasteiger partial charge is 0.160 e. The Hall–Kier alpha value is -6.98. The number of hydrogen-bond donors (Lipinski definition) is 1. The molecule has 0 amide bonds. The number of aliphatic imine (C=N–C) groups is 1. The van der Waals surface area contributed by atoms with Gasteiger partial charge >= 0.3 is 0 Å². The number of benzene rings is 6. The first-order chi connectivity index (χ1) is 25.7. The van der Waals surface area contributed by atoms with Gasteiger partial charge in [0.2, 0.25) is 0 Å². The minimum atomic E-state index is 0.522. The molecule has 0 atom stereocenters. The van der Waals surface area contributed by atoms with E-state index in [9.17, 15) is 0 Å². The van der Waals surface area contributed by atoms with Crippen LogP contribution in [0.15, 0.2) is 193 Å². The highest BCUT2D eigenvalue weighted by Crippen LogP contribution is 2.39. The minimum Gasteiger partial charge on any atom is -0.383 e. The van der Waals surface area contributed by atoms with Crippen molar-refractivity contribution in [3.05, 3.63) is 199 Å². The van der Waals surface area contributed by atoms with Gasteiger partial charge in [-0.3, -0.25) is 9.98 Å². The molecule has 0 unspecified atom stereocenters. The zero-order chi connectivity index (χ0) is 35.1. The van der Waals surface area contributed by atoms with Gasteiger partial charge < -0.3 is 5.73 Å². The maximum absolute atomic E-state index is 6.25. The van der Waals surface area contributed by atoms with Crippen LogP contribution in [0.4, 0.5) is 0 Å². The summed E-state index contributed by atoms with van der Waals surface area (Å²) < 4.78 is 0. The van der Waals surface area contributed by atoms with Crippen LogP contribution in [-0.2, 0) is 6.54 Å². The first-order valence-corrected chi connectivity index (χ1v) is 17.3. The molecule has 8 aromatic rings. The molecule has 248 valence electrons. The zero-order valence-corrected chi connectivity index (χ0v) is 28.5. The molecule has 0 bridgehead atoms. The molecule has 0 radical (unpaired) electrons. The topological polar surface area (TPSA) is 77.0 Å². The Morgan fingerprint density at radius 2 is 0.962 bits per heavy atom. The van der Waals surface area contributed by atoms with Gasteiger partial charge in [-0.25, -0.2) is 9.97 Å². The third kappa shape index (κ3) is 7.02. The summed E-state index contributed by atoms with van der Waals surface area (Å²) >= 11 is 0. The van der Waals surface area contributed by atoms with Crippen molar-refractivity contribution < 1.29 is 0 Å². The van der Waals surface area contributed by atoms with E-state index in [-0.39, 0.29) is 0 Å². The Morgan fingerprint density at radius 3 is 1.58 bits per heavy atom. The molecule has 0 spiro atoms. The van der Waals surface area contributed by atoms with E-state index in [1.165, 1.54) is 16.7 Å². The van der Waals surface area contributed by atoms with Crippen LogP contribution in [0.25, 0.3) is 67.4 Å². The first-order valence-electron chi connectivity index (χ1n) is 17.3. The van der Waals surface area contributed by atoms with Gasteiger partial charge in [-0.15, -0.1) is 0 Å². The fraction of sp³-hybridized carbons (Fsp3) is 0.0213. The Bertz CT molecular complexity index is 2400. The lowest BCUT2D eigenvalue weighted by Gasteiger charge is -2.15. The number of amidine groups is 1. The molecule has 52 heavy (non-hydrogen) atoms. The monoisotopic (exact) mass is 669 g/mol. The molecular formula is C47H35N5. The number of rotatable bonds is 9. The quantitative estimate of drug-likeness (QED) is 0.123. The standard InChI is InChI=1S/C47H35N5/c48-46(37-13-3-1-4-14-37)50-32-33-22-24-34(25-23-33)39-17-7-9-19-41(39)42-20-10-8-18-40(42)35-26-28-36(29-27-35)44-31-45(43-21-11-12-30-49-43)52-47(51-44)38-15-5-2-6-16-38/h1-31H,32H2,(H2,48,50). The van der Waals surface area contributed by atoms with Gasteiger partial charge in [-0.1, -0.05) is 164 Å². The predicted molar refractivity (Wildman–Crippen MR) is 213 cm³/mol. The number of hydrogen-bond acceptors (Lipinski definition) is 4. The first kappa shape index (κ1) is 32.2. The molecule has 6 aromatic carbocycles. The summed E-state index contributed by atoms with van der Waals surface area (Å²) in [5.74, 6) is 1.21. The van der Waals surface area contributed by atoms with Crippen LogP contribution < -0.4 is 5.73 Å². The number of pyridine rings is 1. The van der Waals surface area contributed by atoms with Crippen molar-refractivity contribution in [2.75, 3.05) is 0 Å². The predicted octanol–water partition coefficient (Wildman–Crippen LogP) is 10.8. The van der Waals surface area contributed by atoms with Crippen LogP contribution >= 0.6 is 0 Å². The molecule has 0 aliphatic rings. The van der Waals surface area contributed by atoms with Gasteiger partial charge in [-0.2, -0.15) is 0 Å². The molecule has 2 heterocycles. The van der Waals surface area contributed by atoms with Crippen molar-refractivity contribution in [2.45, 2.75) is 6.54 Å². The fourth-order valence-electron chi connectivity index (χ4n) is 6.38. The summed E-state index contributed by atoms with van der Waals surface area (Å²) in [7, 11) is 0. The van der Waals surface area contributed by atoms with Gasteiger partial charge in [-0.05, 0) is 57.1 Å². The number of aromatic nitrogens is 3. The van der Waals surface area contributed by atoms with Gasteiger partial charge in [0.1, 0.15) is 5.84 Å². The Balaban J connectivity index is 1.10. The average Bonchev–Trinajstić information content (AvgIpc) is 3.24. The van der Waals surface area contributed by atoms with Crippen LogP contribution in [0.1, 0.15) is 11.1 Å². The van der Waals surface area contributed by atoms with Crippen LogP contribution in [-0.4, -0.2) is 20.8 Å². The lowest BCUT2D eigenvalue weighted by molar-refractivity contribution is 1.06. The van der Waals surface area contributed by atoms with Crippen molar-refractivity contribution >= 4 is 5.84 Å². The summed E-state index contributed by atoms with van der Waals surface area (Å²) in [6.45, 7) is 0.522. The molecule has 0 saturated heterocycles. The molecule has 5 nitrogen and oxygen atoms in total. The Kier molecular flexibility index (Phi) is 9.22. The molecule has 0 aliphatic carbocycles. The van der Waals surface area contributed by atoms with E-state index in [1.807, 2.05) is 84.9 Å². The second-order valence-corrected chi connectivity index (χ2v) is 12.5. The zero-order valence-electron chi connectivity index (χ0n) is 28.5. The molecule has 0 aliphatic heterocycles. The molecule has 5 heteroatoms. The van der Waals surface area contributed by atoms with E-state index >= 15 is 0 Å². The molecule has 2 aromatic heterocycles. The molecule has 2 N–H and O–H groups in total. The third-order valence-corrected chi connectivity index (χ3v) is 9.09. The SMILES string of the molecule is N/C(=N\Cc1ccc(-c2ccccc2-c2ccccc2-c2ccc(-c3cc(-c4ccccn4)nc(-c4ccccc4)n3)cc2)cc1)c1ccccc1. The van der Waals surface area contributed by atoms with Crippen molar-refractivity contribution in [1.29, 1.82) is 0 Å². The van der Waals surface area contributed by atoms with Gasteiger partial charge in [0, 0.05) is 22.9 Å². The highest BCUT2D eigenvalue weighted by Gasteiger charge is 2.14. The Morgan fingerprint density at radius 1 is 0.442 bits per heavy atom. The van der Waals surface area contributed by atoms with Crippen LogP contribution in [0, 0.1) is 0 Å².